The van der Waals surface area contributed by atoms with Crippen LogP contribution >= 0.6 is 0 Å². The molecule has 1 aliphatic carbocycles. The van der Waals surface area contributed by atoms with E-state index in [1.165, 1.54) is 0 Å². The van der Waals surface area contributed by atoms with Crippen molar-refractivity contribution in [3.05, 3.63) is 59.2 Å². The molecule has 0 radical (unpaired) electrons. The van der Waals surface area contributed by atoms with Crippen LogP contribution in [0.15, 0.2) is 47.4 Å². The first-order valence-electron chi connectivity index (χ1n) is 7.82. The predicted molar refractivity (Wildman–Crippen MR) is 93.3 cm³/mol. The van der Waals surface area contributed by atoms with Crippen molar-refractivity contribution in [2.24, 2.45) is 0 Å². The molecule has 0 saturated heterocycles. The first-order chi connectivity index (χ1) is 11.5. The largest absolute Gasteiger partial charge is 0.508 e. The van der Waals surface area contributed by atoms with Gasteiger partial charge in [-0.2, -0.15) is 0 Å². The van der Waals surface area contributed by atoms with Crippen molar-refractivity contribution >= 4 is 16.8 Å². The Labute approximate surface area is 143 Å². The van der Waals surface area contributed by atoms with E-state index in [0.717, 1.165) is 34.4 Å². The fourth-order valence-corrected chi connectivity index (χ4v) is 3.49. The highest BCUT2D eigenvalue weighted by Gasteiger charge is 2.25. The lowest BCUT2D eigenvalue weighted by atomic mass is 10.1. The molecule has 5 nitrogen and oxygen atoms in total. The van der Waals surface area contributed by atoms with Gasteiger partial charge in [-0.05, 0) is 47.7 Å². The Morgan fingerprint density at radius 2 is 2.00 bits per heavy atom. The third kappa shape index (κ3) is 3.59. The smallest absolute Gasteiger partial charge is 0.315 e. The van der Waals surface area contributed by atoms with Gasteiger partial charge in [0, 0.05) is 28.5 Å². The van der Waals surface area contributed by atoms with Gasteiger partial charge in [-0.1, -0.05) is 24.3 Å². The van der Waals surface area contributed by atoms with Gasteiger partial charge >= 0.3 is 6.03 Å². The van der Waals surface area contributed by atoms with E-state index in [9.17, 15) is 14.1 Å². The molecule has 3 N–H and O–H groups in total. The van der Waals surface area contributed by atoms with Crippen molar-refractivity contribution in [1.82, 2.24) is 10.6 Å². The quantitative estimate of drug-likeness (QED) is 0.798. The molecule has 0 heterocycles. The fraction of sp³-hybridized carbons (Fsp3) is 0.278. The zero-order valence-electron chi connectivity index (χ0n) is 13.4. The number of amides is 2. The van der Waals surface area contributed by atoms with E-state index < -0.39 is 10.8 Å². The summed E-state index contributed by atoms with van der Waals surface area (Å²) in [5.41, 5.74) is 2.86. The van der Waals surface area contributed by atoms with E-state index in [4.69, 9.17) is 0 Å². The lowest BCUT2D eigenvalue weighted by Gasteiger charge is -2.15. The van der Waals surface area contributed by atoms with Crippen LogP contribution in [0.1, 0.15) is 29.2 Å². The van der Waals surface area contributed by atoms with Gasteiger partial charge in [0.2, 0.25) is 0 Å². The molecule has 2 aromatic rings. The van der Waals surface area contributed by atoms with Crippen LogP contribution < -0.4 is 10.6 Å². The first-order valence-corrected chi connectivity index (χ1v) is 9.38. The average Bonchev–Trinajstić information content (AvgIpc) is 2.98. The number of hydrogen-bond acceptors (Lipinski definition) is 3. The Balaban J connectivity index is 1.56. The standard InChI is InChI=1S/C18H20N2O3S/c1-24(23)13-7-5-12(6-8-13)11-19-18(22)20-16-10-9-15-14(16)3-2-4-17(15)21/h2-8,16,21H,9-11H2,1H3,(H2,19,20,22)/t16-,24+/m0/s1. The molecule has 2 amide bonds. The molecular weight excluding hydrogens is 324 g/mol. The molecule has 2 aromatic carbocycles. The highest BCUT2D eigenvalue weighted by molar-refractivity contribution is 7.84. The number of hydrogen-bond donors (Lipinski definition) is 3. The molecule has 0 aromatic heterocycles. The molecule has 0 bridgehead atoms. The summed E-state index contributed by atoms with van der Waals surface area (Å²) in [6, 6.07) is 12.4. The number of benzene rings is 2. The number of rotatable bonds is 4. The number of phenolic OH excluding ortho intramolecular Hbond substituents is 1. The molecule has 0 unspecified atom stereocenters. The topological polar surface area (TPSA) is 78.4 Å². The molecule has 0 fully saturated rings. The van der Waals surface area contributed by atoms with Crippen molar-refractivity contribution in [3.63, 3.8) is 0 Å². The third-order valence-electron chi connectivity index (χ3n) is 4.26. The van der Waals surface area contributed by atoms with E-state index in [-0.39, 0.29) is 12.1 Å². The summed E-state index contributed by atoms with van der Waals surface area (Å²) < 4.78 is 11.4. The van der Waals surface area contributed by atoms with Crippen LogP contribution in [0.25, 0.3) is 0 Å². The number of nitrogens with one attached hydrogen (secondary N) is 2. The third-order valence-corrected chi connectivity index (χ3v) is 5.20. The van der Waals surface area contributed by atoms with Gasteiger partial charge in [0.25, 0.3) is 0 Å². The molecule has 0 saturated carbocycles. The van der Waals surface area contributed by atoms with Crippen molar-refractivity contribution in [3.8, 4) is 5.75 Å². The van der Waals surface area contributed by atoms with Crippen LogP contribution in [0.2, 0.25) is 0 Å². The van der Waals surface area contributed by atoms with E-state index >= 15 is 0 Å². The number of phenols is 1. The molecule has 3 rings (SSSR count). The first kappa shape index (κ1) is 16.5. The summed E-state index contributed by atoms with van der Waals surface area (Å²) in [6.45, 7) is 0.405. The van der Waals surface area contributed by atoms with Gasteiger partial charge in [-0.3, -0.25) is 4.21 Å². The summed E-state index contributed by atoms with van der Waals surface area (Å²) in [5, 5.41) is 15.6. The molecule has 2 atom stereocenters. The lowest BCUT2D eigenvalue weighted by Crippen LogP contribution is -2.36. The van der Waals surface area contributed by atoms with Crippen molar-refractivity contribution in [1.29, 1.82) is 0 Å². The molecule has 126 valence electrons. The minimum absolute atomic E-state index is 0.0722. The SMILES string of the molecule is C[S@@](=O)c1ccc(CNC(=O)N[C@H]2CCc3c(O)cccc32)cc1. The minimum atomic E-state index is -0.997. The Bertz CT molecular complexity index is 774. The van der Waals surface area contributed by atoms with Gasteiger partial charge < -0.3 is 15.7 Å². The maximum atomic E-state index is 12.1. The molecule has 0 aliphatic heterocycles. The number of urea groups is 1. The average molecular weight is 344 g/mol. The van der Waals surface area contributed by atoms with Crippen LogP contribution in [0.5, 0.6) is 5.75 Å². The Morgan fingerprint density at radius 3 is 2.71 bits per heavy atom. The molecule has 6 heteroatoms. The van der Waals surface area contributed by atoms with Gasteiger partial charge in [-0.15, -0.1) is 0 Å². The number of carbonyl (C=O) groups is 1. The number of fused-ring (bicyclic) bond motifs is 1. The summed E-state index contributed by atoms with van der Waals surface area (Å²) in [6.07, 6.45) is 3.19. The van der Waals surface area contributed by atoms with Gasteiger partial charge in [0.05, 0.1) is 6.04 Å². The van der Waals surface area contributed by atoms with Crippen LogP contribution in [-0.2, 0) is 23.8 Å². The summed E-state index contributed by atoms with van der Waals surface area (Å²) in [7, 11) is -0.997. The van der Waals surface area contributed by atoms with Gasteiger partial charge in [0.1, 0.15) is 5.75 Å². The van der Waals surface area contributed by atoms with Crippen LogP contribution in [0, 0.1) is 0 Å². The highest BCUT2D eigenvalue weighted by Crippen LogP contribution is 2.36. The van der Waals surface area contributed by atoms with Crippen LogP contribution in [-0.4, -0.2) is 21.6 Å². The zero-order valence-corrected chi connectivity index (χ0v) is 14.2. The van der Waals surface area contributed by atoms with Gasteiger partial charge in [0.15, 0.2) is 0 Å². The zero-order chi connectivity index (χ0) is 17.1. The Morgan fingerprint density at radius 1 is 1.25 bits per heavy atom. The van der Waals surface area contributed by atoms with E-state index in [0.29, 0.717) is 12.3 Å². The maximum absolute atomic E-state index is 12.1. The summed E-state index contributed by atoms with van der Waals surface area (Å²) in [4.78, 5) is 12.9. The molecule has 0 spiro atoms. The number of carbonyl (C=O) groups excluding carboxylic acids is 1. The Kier molecular flexibility index (Phi) is 4.85. The monoisotopic (exact) mass is 344 g/mol. The van der Waals surface area contributed by atoms with Crippen LogP contribution in [0.3, 0.4) is 0 Å². The van der Waals surface area contributed by atoms with Crippen molar-refractivity contribution < 1.29 is 14.1 Å². The highest BCUT2D eigenvalue weighted by atomic mass is 32.2. The Hall–Kier alpha value is -2.34. The van der Waals surface area contributed by atoms with Crippen molar-refractivity contribution in [2.75, 3.05) is 6.26 Å². The summed E-state index contributed by atoms with van der Waals surface area (Å²) >= 11 is 0. The predicted octanol–water partition coefficient (Wildman–Crippen LogP) is 2.62. The second kappa shape index (κ2) is 7.05. The number of aromatic hydroxyl groups is 1. The maximum Gasteiger partial charge on any atom is 0.315 e. The second-order valence-corrected chi connectivity index (χ2v) is 7.24. The van der Waals surface area contributed by atoms with E-state index in [1.54, 1.807) is 30.5 Å². The molecule has 1 aliphatic rings. The van der Waals surface area contributed by atoms with E-state index in [1.807, 2.05) is 18.2 Å². The van der Waals surface area contributed by atoms with Crippen molar-refractivity contribution in [2.45, 2.75) is 30.3 Å². The normalized spacial score (nSPS) is 17.1. The second-order valence-electron chi connectivity index (χ2n) is 5.86. The molecule has 24 heavy (non-hydrogen) atoms. The van der Waals surface area contributed by atoms with Gasteiger partial charge in [-0.25, -0.2) is 4.79 Å². The summed E-state index contributed by atoms with van der Waals surface area (Å²) in [5.74, 6) is 0.297. The molecular formula is C18H20N2O3S. The lowest BCUT2D eigenvalue weighted by molar-refractivity contribution is 0.236. The van der Waals surface area contributed by atoms with Crippen LogP contribution in [0.4, 0.5) is 4.79 Å². The van der Waals surface area contributed by atoms with E-state index in [2.05, 4.69) is 10.6 Å². The fourth-order valence-electron chi connectivity index (χ4n) is 2.98. The minimum Gasteiger partial charge on any atom is -0.508 e.